The third kappa shape index (κ3) is 5.63. The van der Waals surface area contributed by atoms with Crippen LogP contribution < -0.4 is 22.9 Å². The van der Waals surface area contributed by atoms with Crippen molar-refractivity contribution in [2.24, 2.45) is 22.9 Å². The van der Waals surface area contributed by atoms with E-state index in [4.69, 9.17) is 32.7 Å². The van der Waals surface area contributed by atoms with Gasteiger partial charge in [-0.05, 0) is 11.6 Å². The lowest BCUT2D eigenvalue weighted by Gasteiger charge is -2.28. The van der Waals surface area contributed by atoms with Crippen molar-refractivity contribution in [2.75, 3.05) is 0 Å². The van der Waals surface area contributed by atoms with Crippen molar-refractivity contribution >= 4 is 7.60 Å². The average molecular weight is 288 g/mol. The summed E-state index contributed by atoms with van der Waals surface area (Å²) in [5.41, 5.74) is 21.1. The molecule has 0 amide bonds. The number of allylic oxidation sites excluding steroid dienone is 2. The average Bonchev–Trinajstić information content (AvgIpc) is 2.20. The van der Waals surface area contributed by atoms with E-state index >= 15 is 0 Å². The van der Waals surface area contributed by atoms with Crippen molar-refractivity contribution in [3.05, 3.63) is 49.1 Å². The molecule has 0 spiro atoms. The highest BCUT2D eigenvalue weighted by molar-refractivity contribution is 7.54. The Labute approximate surface area is 112 Å². The van der Waals surface area contributed by atoms with Crippen LogP contribution in [-0.2, 0) is 4.57 Å². The lowest BCUT2D eigenvalue weighted by atomic mass is 10.0. The fraction of sp³-hybridized carbons (Fsp3) is 0.273. The first-order chi connectivity index (χ1) is 8.44. The van der Waals surface area contributed by atoms with Crippen LogP contribution in [0.3, 0.4) is 0 Å². The van der Waals surface area contributed by atoms with Gasteiger partial charge in [0.15, 0.2) is 5.28 Å². The van der Waals surface area contributed by atoms with E-state index < -0.39 is 18.7 Å². The predicted molar refractivity (Wildman–Crippen MR) is 76.5 cm³/mol. The van der Waals surface area contributed by atoms with Crippen LogP contribution in [0.2, 0.25) is 0 Å². The smallest absolute Gasteiger partial charge is 0.323 e. The van der Waals surface area contributed by atoms with Gasteiger partial charge in [0.05, 0.1) is 0 Å². The van der Waals surface area contributed by atoms with Crippen LogP contribution in [0, 0.1) is 0 Å². The van der Waals surface area contributed by atoms with Gasteiger partial charge < -0.3 is 32.7 Å². The monoisotopic (exact) mass is 288 g/mol. The Bertz CT molecular complexity index is 447. The molecule has 1 rings (SSSR count). The summed E-state index contributed by atoms with van der Waals surface area (Å²) in [4.78, 5) is 17.8. The molecular formula is C11H21N4O3P. The molecule has 1 atom stereocenters. The molecule has 19 heavy (non-hydrogen) atoms. The van der Waals surface area contributed by atoms with Crippen LogP contribution in [-0.4, -0.2) is 20.9 Å². The minimum Gasteiger partial charge on any atom is -0.323 e. The SMILES string of the molecule is C=C1C=CC=CC1(N)P(=O)(O)O.C=CCC(N)(N)N. The molecule has 0 saturated heterocycles. The van der Waals surface area contributed by atoms with Gasteiger partial charge in [0.1, 0.15) is 5.79 Å². The molecule has 8 heteroatoms. The highest BCUT2D eigenvalue weighted by Crippen LogP contribution is 2.52. The first-order valence-electron chi connectivity index (χ1n) is 5.31. The highest BCUT2D eigenvalue weighted by atomic mass is 31.2. The van der Waals surface area contributed by atoms with Crippen molar-refractivity contribution in [3.63, 3.8) is 0 Å². The summed E-state index contributed by atoms with van der Waals surface area (Å²) in [6.07, 6.45) is 7.89. The minimum absolute atomic E-state index is 0.221. The van der Waals surface area contributed by atoms with Gasteiger partial charge in [0.25, 0.3) is 0 Å². The zero-order valence-corrected chi connectivity index (χ0v) is 11.5. The molecule has 0 aliphatic heterocycles. The molecule has 0 fully saturated rings. The lowest BCUT2D eigenvalue weighted by Crippen LogP contribution is -2.57. The van der Waals surface area contributed by atoms with Gasteiger partial charge >= 0.3 is 7.60 Å². The predicted octanol–water partition coefficient (Wildman–Crippen LogP) is -0.406. The zero-order chi connectivity index (χ0) is 15.3. The van der Waals surface area contributed by atoms with Crippen LogP contribution >= 0.6 is 7.60 Å². The molecule has 0 radical (unpaired) electrons. The first-order valence-corrected chi connectivity index (χ1v) is 6.92. The molecular weight excluding hydrogens is 267 g/mol. The van der Waals surface area contributed by atoms with Crippen LogP contribution in [0.1, 0.15) is 6.42 Å². The quantitative estimate of drug-likeness (QED) is 0.234. The number of hydrogen-bond acceptors (Lipinski definition) is 5. The summed E-state index contributed by atoms with van der Waals surface area (Å²) in [5.74, 6) is -1.07. The van der Waals surface area contributed by atoms with Crippen molar-refractivity contribution in [1.82, 2.24) is 0 Å². The summed E-state index contributed by atoms with van der Waals surface area (Å²) in [6, 6.07) is 0. The van der Waals surface area contributed by atoms with E-state index in [2.05, 4.69) is 13.2 Å². The Morgan fingerprint density at radius 3 is 2.11 bits per heavy atom. The lowest BCUT2D eigenvalue weighted by molar-refractivity contribution is 0.351. The van der Waals surface area contributed by atoms with E-state index in [9.17, 15) is 4.57 Å². The van der Waals surface area contributed by atoms with E-state index in [1.54, 1.807) is 12.2 Å². The normalized spacial score (nSPS) is 22.7. The highest BCUT2D eigenvalue weighted by Gasteiger charge is 2.43. The molecule has 1 aliphatic carbocycles. The largest absolute Gasteiger partial charge is 0.353 e. The molecule has 0 bridgehead atoms. The number of rotatable bonds is 3. The Morgan fingerprint density at radius 2 is 1.89 bits per heavy atom. The fourth-order valence-electron chi connectivity index (χ4n) is 1.15. The number of hydrogen-bond donors (Lipinski definition) is 6. The maximum Gasteiger partial charge on any atom is 0.353 e. The van der Waals surface area contributed by atoms with E-state index in [1.165, 1.54) is 18.2 Å². The van der Waals surface area contributed by atoms with Crippen molar-refractivity contribution in [2.45, 2.75) is 17.5 Å². The molecule has 0 aromatic heterocycles. The molecule has 0 saturated carbocycles. The molecule has 1 aliphatic rings. The van der Waals surface area contributed by atoms with Crippen molar-refractivity contribution in [3.8, 4) is 0 Å². The molecule has 108 valence electrons. The van der Waals surface area contributed by atoms with E-state index in [-0.39, 0.29) is 5.57 Å². The Hall–Kier alpha value is -1.05. The standard InChI is InChI=1S/C7H10NO3P.C4H11N3/c1-6-4-2-3-5-7(6,8)12(9,10)11;1-2-3-4(5,6)7/h2-5H,1,8H2,(H2,9,10,11);2H,1,3,5-7H2. The van der Waals surface area contributed by atoms with Gasteiger partial charge in [-0.15, -0.1) is 6.58 Å². The van der Waals surface area contributed by atoms with Crippen LogP contribution in [0.4, 0.5) is 0 Å². The third-order valence-corrected chi connectivity index (χ3v) is 3.65. The molecule has 10 N–H and O–H groups in total. The Balaban J connectivity index is 0.000000399. The van der Waals surface area contributed by atoms with Crippen LogP contribution in [0.15, 0.2) is 49.1 Å². The van der Waals surface area contributed by atoms with Gasteiger partial charge in [-0.2, -0.15) is 0 Å². The summed E-state index contributed by atoms with van der Waals surface area (Å²) >= 11 is 0. The second-order valence-corrected chi connectivity index (χ2v) is 6.05. The van der Waals surface area contributed by atoms with Crippen LogP contribution in [0.25, 0.3) is 0 Å². The molecule has 1 unspecified atom stereocenters. The molecule has 0 aromatic rings. The van der Waals surface area contributed by atoms with Crippen LogP contribution in [0.5, 0.6) is 0 Å². The Kier molecular flexibility index (Phi) is 6.05. The summed E-state index contributed by atoms with van der Waals surface area (Å²) in [6.45, 7) is 6.88. The van der Waals surface area contributed by atoms with E-state index in [1.807, 2.05) is 0 Å². The van der Waals surface area contributed by atoms with Gasteiger partial charge in [-0.1, -0.05) is 30.9 Å². The fourth-order valence-corrected chi connectivity index (χ4v) is 1.88. The number of nitrogens with two attached hydrogens (primary N) is 4. The summed E-state index contributed by atoms with van der Waals surface area (Å²) in [5, 5.41) is -1.72. The maximum absolute atomic E-state index is 10.9. The summed E-state index contributed by atoms with van der Waals surface area (Å²) < 4.78 is 10.9. The van der Waals surface area contributed by atoms with Crippen molar-refractivity contribution in [1.29, 1.82) is 0 Å². The first kappa shape index (κ1) is 17.9. The minimum atomic E-state index is -4.37. The summed E-state index contributed by atoms with van der Waals surface area (Å²) in [7, 11) is -4.37. The Morgan fingerprint density at radius 1 is 1.37 bits per heavy atom. The topological polar surface area (TPSA) is 162 Å². The van der Waals surface area contributed by atoms with E-state index in [0.717, 1.165) is 0 Å². The van der Waals surface area contributed by atoms with Gasteiger partial charge in [0, 0.05) is 6.42 Å². The van der Waals surface area contributed by atoms with Gasteiger partial charge in [0.2, 0.25) is 0 Å². The van der Waals surface area contributed by atoms with Crippen molar-refractivity contribution < 1.29 is 14.4 Å². The second kappa shape index (κ2) is 6.40. The van der Waals surface area contributed by atoms with E-state index in [0.29, 0.717) is 6.42 Å². The molecule has 7 nitrogen and oxygen atoms in total. The molecule has 0 aromatic carbocycles. The third-order valence-electron chi connectivity index (χ3n) is 2.25. The van der Waals surface area contributed by atoms with Gasteiger partial charge in [-0.3, -0.25) is 4.57 Å². The maximum atomic E-state index is 10.9. The molecule has 0 heterocycles. The zero-order valence-electron chi connectivity index (χ0n) is 10.6. The van der Waals surface area contributed by atoms with Gasteiger partial charge in [-0.25, -0.2) is 0 Å². The second-order valence-electron chi connectivity index (χ2n) is 4.22.